The predicted octanol–water partition coefficient (Wildman–Crippen LogP) is 1.57. The zero-order chi connectivity index (χ0) is 38.4. The van der Waals surface area contributed by atoms with Crippen LogP contribution in [-0.2, 0) is 36.8 Å². The van der Waals surface area contributed by atoms with Gasteiger partial charge in [0.15, 0.2) is 6.10 Å². The van der Waals surface area contributed by atoms with Crippen LogP contribution in [0.2, 0.25) is 0 Å². The van der Waals surface area contributed by atoms with Crippen molar-refractivity contribution in [1.29, 1.82) is 0 Å². The molecule has 278 valence electrons. The maximum atomic E-state index is 14.0. The largest absolute Gasteiger partial charge is 0.508 e. The quantitative estimate of drug-likeness (QED) is 0.0859. The van der Waals surface area contributed by atoms with Crippen molar-refractivity contribution in [2.45, 2.75) is 76.2 Å². The molecular formula is C37H45N5O10. The molecule has 15 heteroatoms. The lowest BCUT2D eigenvalue weighted by molar-refractivity contribution is -0.137. The second-order valence-corrected chi connectivity index (χ2v) is 12.7. The first kappa shape index (κ1) is 40.6. The Labute approximate surface area is 300 Å². The highest BCUT2D eigenvalue weighted by Gasteiger charge is 2.33. The monoisotopic (exact) mass is 719 g/mol. The van der Waals surface area contributed by atoms with Crippen LogP contribution in [0.5, 0.6) is 5.75 Å². The summed E-state index contributed by atoms with van der Waals surface area (Å²) in [5.41, 5.74) is 7.27. The fourth-order valence-electron chi connectivity index (χ4n) is 5.23. The number of carboxylic acid groups (broad SMARTS) is 2. The summed E-state index contributed by atoms with van der Waals surface area (Å²) in [5.74, 6) is -6.05. The van der Waals surface area contributed by atoms with Gasteiger partial charge in [0.05, 0.1) is 17.6 Å². The summed E-state index contributed by atoms with van der Waals surface area (Å²) in [7, 11) is 0. The molecule has 5 atom stereocenters. The molecule has 0 aliphatic carbocycles. The highest BCUT2D eigenvalue weighted by Crippen LogP contribution is 2.16. The lowest BCUT2D eigenvalue weighted by atomic mass is 9.98. The molecule has 3 rings (SSSR count). The van der Waals surface area contributed by atoms with Gasteiger partial charge in [-0.05, 0) is 66.6 Å². The Hall–Kier alpha value is -5.80. The molecule has 3 aromatic rings. The molecule has 10 N–H and O–H groups in total. The standard InChI is InChI=1S/C37H45N5O10/c1-21(2)31(42-33(47)27(38)16-18-30(44)45)35(49)41-29(19-23-11-14-26(43)15-12-23)34(48)40-28(17-13-22-7-4-3-5-8-22)32(46)36(50)39-25-10-6-9-24(20-25)37(51)52/h3-12,14-15,20-21,27-29,31-32,43,46H,13,16-19,38H2,1-2H3,(H,39,50)(H,40,48)(H,41,49)(H,42,47)(H,44,45)(H,51,52)/t27-,28-,29-,31-,32+/m0/s1. The smallest absolute Gasteiger partial charge is 0.335 e. The number of nitrogens with two attached hydrogens (primary N) is 1. The minimum atomic E-state index is -1.82. The fourth-order valence-corrected chi connectivity index (χ4v) is 5.23. The third-order valence-electron chi connectivity index (χ3n) is 8.20. The summed E-state index contributed by atoms with van der Waals surface area (Å²) in [4.78, 5) is 76.1. The van der Waals surface area contributed by atoms with E-state index in [4.69, 9.17) is 10.8 Å². The fraction of sp³-hybridized carbons (Fsp3) is 0.351. The summed E-state index contributed by atoms with van der Waals surface area (Å²) in [6.45, 7) is 3.31. The van der Waals surface area contributed by atoms with E-state index in [1.807, 2.05) is 30.3 Å². The topological polar surface area (TPSA) is 257 Å². The van der Waals surface area contributed by atoms with Gasteiger partial charge < -0.3 is 47.4 Å². The van der Waals surface area contributed by atoms with E-state index in [9.17, 15) is 44.1 Å². The lowest BCUT2D eigenvalue weighted by Crippen LogP contribution is -2.59. The number of aliphatic hydroxyl groups excluding tert-OH is 1. The maximum absolute atomic E-state index is 14.0. The van der Waals surface area contributed by atoms with Gasteiger partial charge in [0.25, 0.3) is 5.91 Å². The van der Waals surface area contributed by atoms with Gasteiger partial charge in [-0.1, -0.05) is 62.4 Å². The number of amides is 4. The molecule has 0 unspecified atom stereocenters. The van der Waals surface area contributed by atoms with Gasteiger partial charge in [-0.15, -0.1) is 0 Å². The molecule has 15 nitrogen and oxygen atoms in total. The van der Waals surface area contributed by atoms with E-state index in [0.29, 0.717) is 12.0 Å². The minimum Gasteiger partial charge on any atom is -0.508 e. The number of aromatic hydroxyl groups is 1. The van der Waals surface area contributed by atoms with Crippen LogP contribution in [0, 0.1) is 5.92 Å². The number of carbonyl (C=O) groups is 6. The third-order valence-corrected chi connectivity index (χ3v) is 8.20. The first-order chi connectivity index (χ1) is 24.6. The Kier molecular flexibility index (Phi) is 15.3. The Morgan fingerprint density at radius 1 is 0.731 bits per heavy atom. The number of aliphatic carboxylic acids is 1. The van der Waals surface area contributed by atoms with E-state index in [-0.39, 0.29) is 42.7 Å². The molecule has 0 aliphatic heterocycles. The molecule has 0 spiro atoms. The van der Waals surface area contributed by atoms with Crippen molar-refractivity contribution < 1.29 is 49.2 Å². The van der Waals surface area contributed by atoms with Crippen molar-refractivity contribution in [2.24, 2.45) is 11.7 Å². The number of phenolic OH excluding ortho intramolecular Hbond substituents is 1. The van der Waals surface area contributed by atoms with Gasteiger partial charge in [0.2, 0.25) is 17.7 Å². The number of aromatic carboxylic acids is 1. The van der Waals surface area contributed by atoms with Gasteiger partial charge in [-0.2, -0.15) is 0 Å². The van der Waals surface area contributed by atoms with Crippen molar-refractivity contribution in [3.05, 3.63) is 95.6 Å². The molecule has 0 aliphatic rings. The van der Waals surface area contributed by atoms with Crippen molar-refractivity contribution in [2.75, 3.05) is 5.32 Å². The number of carboxylic acids is 2. The summed E-state index contributed by atoms with van der Waals surface area (Å²) < 4.78 is 0. The van der Waals surface area contributed by atoms with Gasteiger partial charge >= 0.3 is 11.9 Å². The third kappa shape index (κ3) is 12.8. The maximum Gasteiger partial charge on any atom is 0.335 e. The summed E-state index contributed by atoms with van der Waals surface area (Å²) in [6.07, 6.45) is -2.01. The van der Waals surface area contributed by atoms with Gasteiger partial charge in [0.1, 0.15) is 17.8 Å². The van der Waals surface area contributed by atoms with E-state index in [0.717, 1.165) is 5.56 Å². The number of aliphatic hydroxyl groups is 1. The summed E-state index contributed by atoms with van der Waals surface area (Å²) in [6, 6.07) is 15.6. The Bertz CT molecular complexity index is 1700. The van der Waals surface area contributed by atoms with Crippen LogP contribution in [0.25, 0.3) is 0 Å². The molecule has 3 aromatic carbocycles. The molecule has 0 saturated carbocycles. The lowest BCUT2D eigenvalue weighted by Gasteiger charge is -2.29. The Morgan fingerprint density at radius 2 is 1.40 bits per heavy atom. The van der Waals surface area contributed by atoms with Crippen molar-refractivity contribution >= 4 is 41.3 Å². The molecule has 52 heavy (non-hydrogen) atoms. The second kappa shape index (κ2) is 19.6. The Morgan fingerprint density at radius 3 is 2.02 bits per heavy atom. The normalized spacial score (nSPS) is 13.9. The first-order valence-corrected chi connectivity index (χ1v) is 16.7. The van der Waals surface area contributed by atoms with Crippen molar-refractivity contribution in [1.82, 2.24) is 16.0 Å². The van der Waals surface area contributed by atoms with E-state index in [2.05, 4.69) is 21.3 Å². The molecule has 0 heterocycles. The minimum absolute atomic E-state index is 0.0281. The summed E-state index contributed by atoms with van der Waals surface area (Å²) >= 11 is 0. The number of hydrogen-bond acceptors (Lipinski definition) is 9. The highest BCUT2D eigenvalue weighted by atomic mass is 16.4. The average Bonchev–Trinajstić information content (AvgIpc) is 3.11. The average molecular weight is 720 g/mol. The number of nitrogens with one attached hydrogen (secondary N) is 4. The van der Waals surface area contributed by atoms with Gasteiger partial charge in [0, 0.05) is 18.5 Å². The predicted molar refractivity (Wildman–Crippen MR) is 190 cm³/mol. The van der Waals surface area contributed by atoms with Gasteiger partial charge in [-0.25, -0.2) is 4.79 Å². The molecule has 4 amide bonds. The summed E-state index contributed by atoms with van der Waals surface area (Å²) in [5, 5.41) is 49.7. The molecule has 0 saturated heterocycles. The molecule has 0 bridgehead atoms. The van der Waals surface area contributed by atoms with Crippen LogP contribution in [0.1, 0.15) is 54.6 Å². The number of phenols is 1. The van der Waals surface area contributed by atoms with Crippen LogP contribution >= 0.6 is 0 Å². The van der Waals surface area contributed by atoms with Crippen LogP contribution in [0.4, 0.5) is 5.69 Å². The van der Waals surface area contributed by atoms with E-state index < -0.39 is 71.8 Å². The first-order valence-electron chi connectivity index (χ1n) is 16.7. The number of aryl methyl sites for hydroxylation is 1. The molecular weight excluding hydrogens is 674 g/mol. The van der Waals surface area contributed by atoms with Crippen molar-refractivity contribution in [3.63, 3.8) is 0 Å². The Balaban J connectivity index is 1.87. The van der Waals surface area contributed by atoms with Crippen LogP contribution in [0.15, 0.2) is 78.9 Å². The van der Waals surface area contributed by atoms with Crippen LogP contribution in [-0.4, -0.2) is 86.3 Å². The zero-order valence-electron chi connectivity index (χ0n) is 28.8. The van der Waals surface area contributed by atoms with Crippen LogP contribution < -0.4 is 27.0 Å². The molecule has 0 fully saturated rings. The second-order valence-electron chi connectivity index (χ2n) is 12.7. The van der Waals surface area contributed by atoms with E-state index in [1.165, 1.54) is 36.4 Å². The van der Waals surface area contributed by atoms with E-state index >= 15 is 0 Å². The number of anilines is 1. The molecule has 0 aromatic heterocycles. The highest BCUT2D eigenvalue weighted by molar-refractivity contribution is 5.97. The zero-order valence-corrected chi connectivity index (χ0v) is 28.8. The number of carbonyl (C=O) groups excluding carboxylic acids is 4. The van der Waals surface area contributed by atoms with E-state index in [1.54, 1.807) is 26.0 Å². The van der Waals surface area contributed by atoms with Crippen LogP contribution in [0.3, 0.4) is 0 Å². The number of hydrogen-bond donors (Lipinski definition) is 9. The van der Waals surface area contributed by atoms with Crippen molar-refractivity contribution in [3.8, 4) is 5.75 Å². The van der Waals surface area contributed by atoms with Gasteiger partial charge in [-0.3, -0.25) is 24.0 Å². The number of rotatable bonds is 19. The number of benzene rings is 3. The molecule has 0 radical (unpaired) electrons. The SMILES string of the molecule is CC(C)[C@H](NC(=O)[C@@H](N)CCC(=O)O)C(=O)N[C@@H](Cc1ccc(O)cc1)C(=O)N[C@@H](CCc1ccccc1)[C@@H](O)C(=O)Nc1cccc(C(=O)O)c1.